The Morgan fingerprint density at radius 2 is 1.56 bits per heavy atom. The van der Waals surface area contributed by atoms with E-state index in [9.17, 15) is 24.0 Å². The number of hydrogen-bond acceptors (Lipinski definition) is 5. The highest BCUT2D eigenvalue weighted by molar-refractivity contribution is 6.43. The second-order valence-electron chi connectivity index (χ2n) is 10.3. The normalized spacial score (nSPS) is 26.4. The molecule has 4 aliphatic rings. The predicted octanol–water partition coefficient (Wildman–Crippen LogP) is 2.12. The van der Waals surface area contributed by atoms with E-state index in [1.807, 2.05) is 12.1 Å². The summed E-state index contributed by atoms with van der Waals surface area (Å²) in [5.74, 6) is -1.50. The summed E-state index contributed by atoms with van der Waals surface area (Å²) < 4.78 is 0. The van der Waals surface area contributed by atoms with Crippen molar-refractivity contribution in [2.24, 2.45) is 5.92 Å². The van der Waals surface area contributed by atoms with Crippen LogP contribution < -0.4 is 0 Å². The molecule has 1 unspecified atom stereocenters. The van der Waals surface area contributed by atoms with Gasteiger partial charge in [0.2, 0.25) is 23.5 Å². The van der Waals surface area contributed by atoms with Crippen molar-refractivity contribution in [3.63, 3.8) is 0 Å². The van der Waals surface area contributed by atoms with Crippen LogP contribution in [0.5, 0.6) is 0 Å². The van der Waals surface area contributed by atoms with Crippen LogP contribution in [-0.4, -0.2) is 75.3 Å². The number of benzene rings is 1. The molecular formula is C26H31N3O5. The lowest BCUT2D eigenvalue weighted by Crippen LogP contribution is -2.51. The van der Waals surface area contributed by atoms with Crippen LogP contribution in [-0.2, 0) is 19.2 Å². The fourth-order valence-corrected chi connectivity index (χ4v) is 5.67. The van der Waals surface area contributed by atoms with Crippen molar-refractivity contribution in [1.29, 1.82) is 0 Å². The van der Waals surface area contributed by atoms with Crippen LogP contribution in [0.15, 0.2) is 24.3 Å². The van der Waals surface area contributed by atoms with Crippen molar-refractivity contribution in [2.75, 3.05) is 13.1 Å². The molecule has 0 bridgehead atoms. The summed E-state index contributed by atoms with van der Waals surface area (Å²) in [5.41, 5.74) is 1.41. The second-order valence-corrected chi connectivity index (χ2v) is 10.3. The molecule has 3 saturated heterocycles. The molecule has 0 spiro atoms. The zero-order chi connectivity index (χ0) is 24.1. The highest BCUT2D eigenvalue weighted by Crippen LogP contribution is 2.39. The summed E-state index contributed by atoms with van der Waals surface area (Å²) in [6.45, 7) is 4.94. The van der Waals surface area contributed by atoms with E-state index in [0.29, 0.717) is 43.8 Å². The Morgan fingerprint density at radius 1 is 0.853 bits per heavy atom. The first-order valence-electron chi connectivity index (χ1n) is 12.4. The SMILES string of the molecule is CC(C)c1ccc(C(=O)C(=O)N2CCC[C@H]2C(=O)N2CCC3[C@H]2CC(=O)N3C(=O)C2CC2)cc1. The largest absolute Gasteiger partial charge is 0.335 e. The Morgan fingerprint density at radius 3 is 2.21 bits per heavy atom. The maximum absolute atomic E-state index is 13.5. The molecular weight excluding hydrogens is 434 g/mol. The molecule has 1 saturated carbocycles. The number of Topliss-reactive ketones (excluding diaryl/α,β-unsaturated/α-hetero) is 1. The Labute approximate surface area is 199 Å². The molecule has 180 valence electrons. The Bertz CT molecular complexity index is 1050. The molecule has 0 radical (unpaired) electrons. The minimum Gasteiger partial charge on any atom is -0.335 e. The van der Waals surface area contributed by atoms with Crippen LogP contribution in [0.4, 0.5) is 0 Å². The van der Waals surface area contributed by atoms with Crippen molar-refractivity contribution >= 4 is 29.4 Å². The zero-order valence-electron chi connectivity index (χ0n) is 19.7. The van der Waals surface area contributed by atoms with Crippen molar-refractivity contribution in [3.05, 3.63) is 35.4 Å². The minimum atomic E-state index is -0.701. The van der Waals surface area contributed by atoms with Crippen LogP contribution in [0.3, 0.4) is 0 Å². The standard InChI is InChI=1S/C26H31N3O5/c1-15(2)16-5-7-17(8-6-16)23(31)26(34)27-12-3-4-20(27)25(33)28-13-11-19-21(28)14-22(30)29(19)24(32)18-9-10-18/h5-8,15,18-21H,3-4,9-14H2,1-2H3/t19?,20-,21+/m0/s1. The van der Waals surface area contributed by atoms with Gasteiger partial charge >= 0.3 is 0 Å². The molecule has 8 heteroatoms. The summed E-state index contributed by atoms with van der Waals surface area (Å²) in [4.78, 5) is 69.2. The Hall–Kier alpha value is -3.03. The molecule has 3 heterocycles. The number of likely N-dealkylation sites (tertiary alicyclic amines) is 3. The molecule has 4 fully saturated rings. The summed E-state index contributed by atoms with van der Waals surface area (Å²) in [6.07, 6.45) is 3.52. The maximum atomic E-state index is 13.5. The van der Waals surface area contributed by atoms with E-state index >= 15 is 0 Å². The summed E-state index contributed by atoms with van der Waals surface area (Å²) in [6, 6.07) is 5.75. The van der Waals surface area contributed by atoms with E-state index in [1.54, 1.807) is 17.0 Å². The van der Waals surface area contributed by atoms with Gasteiger partial charge in [-0.3, -0.25) is 28.9 Å². The first-order valence-corrected chi connectivity index (χ1v) is 12.4. The van der Waals surface area contributed by atoms with Gasteiger partial charge in [-0.1, -0.05) is 38.1 Å². The number of imide groups is 1. The molecule has 4 amide bonds. The van der Waals surface area contributed by atoms with Crippen molar-refractivity contribution < 1.29 is 24.0 Å². The summed E-state index contributed by atoms with van der Waals surface area (Å²) in [5, 5.41) is 0. The van der Waals surface area contributed by atoms with E-state index < -0.39 is 17.7 Å². The van der Waals surface area contributed by atoms with Gasteiger partial charge in [0.05, 0.1) is 12.1 Å². The third kappa shape index (κ3) is 3.83. The molecule has 3 aliphatic heterocycles. The number of nitrogens with zero attached hydrogens (tertiary/aromatic N) is 3. The van der Waals surface area contributed by atoms with Crippen molar-refractivity contribution in [1.82, 2.24) is 14.7 Å². The van der Waals surface area contributed by atoms with E-state index in [-0.39, 0.29) is 42.1 Å². The van der Waals surface area contributed by atoms with Gasteiger partial charge in [-0.2, -0.15) is 0 Å². The number of amides is 4. The summed E-state index contributed by atoms with van der Waals surface area (Å²) in [7, 11) is 0. The molecule has 1 aromatic carbocycles. The number of carbonyl (C=O) groups excluding carboxylic acids is 5. The molecule has 34 heavy (non-hydrogen) atoms. The molecule has 1 aromatic rings. The van der Waals surface area contributed by atoms with Gasteiger partial charge in [0, 0.05) is 31.0 Å². The van der Waals surface area contributed by atoms with Crippen LogP contribution in [0.2, 0.25) is 0 Å². The first kappa shape index (κ1) is 22.7. The number of rotatable bonds is 5. The smallest absolute Gasteiger partial charge is 0.295 e. The van der Waals surface area contributed by atoms with Crippen LogP contribution in [0.1, 0.15) is 74.2 Å². The van der Waals surface area contributed by atoms with Crippen LogP contribution in [0, 0.1) is 5.92 Å². The highest BCUT2D eigenvalue weighted by Gasteiger charge is 2.54. The topological polar surface area (TPSA) is 95.1 Å². The van der Waals surface area contributed by atoms with E-state index in [2.05, 4.69) is 13.8 Å². The predicted molar refractivity (Wildman–Crippen MR) is 123 cm³/mol. The molecule has 5 rings (SSSR count). The third-order valence-electron chi connectivity index (χ3n) is 7.77. The van der Waals surface area contributed by atoms with Gasteiger partial charge in [0.1, 0.15) is 6.04 Å². The average Bonchev–Trinajstić information content (AvgIpc) is 3.28. The Kier molecular flexibility index (Phi) is 5.78. The van der Waals surface area contributed by atoms with Crippen molar-refractivity contribution in [2.45, 2.75) is 76.4 Å². The van der Waals surface area contributed by atoms with Crippen LogP contribution in [0.25, 0.3) is 0 Å². The molecule has 0 aromatic heterocycles. The lowest BCUT2D eigenvalue weighted by molar-refractivity contribution is -0.144. The van der Waals surface area contributed by atoms with Crippen molar-refractivity contribution in [3.8, 4) is 0 Å². The number of fused-ring (bicyclic) bond motifs is 1. The number of ketones is 1. The number of hydrogen-bond donors (Lipinski definition) is 0. The minimum absolute atomic E-state index is 0.0454. The maximum Gasteiger partial charge on any atom is 0.295 e. The van der Waals surface area contributed by atoms with Crippen LogP contribution >= 0.6 is 0 Å². The Balaban J connectivity index is 1.28. The first-order chi connectivity index (χ1) is 16.3. The second kappa shape index (κ2) is 8.64. The van der Waals surface area contributed by atoms with E-state index in [0.717, 1.165) is 18.4 Å². The fraction of sp³-hybridized carbons (Fsp3) is 0.577. The van der Waals surface area contributed by atoms with Gasteiger partial charge in [-0.15, -0.1) is 0 Å². The van der Waals surface area contributed by atoms with Gasteiger partial charge < -0.3 is 9.80 Å². The monoisotopic (exact) mass is 465 g/mol. The van der Waals surface area contributed by atoms with E-state index in [4.69, 9.17) is 0 Å². The highest BCUT2D eigenvalue weighted by atomic mass is 16.2. The average molecular weight is 466 g/mol. The van der Waals surface area contributed by atoms with Gasteiger partial charge in [0.25, 0.3) is 5.91 Å². The van der Waals surface area contributed by atoms with Gasteiger partial charge in [-0.25, -0.2) is 0 Å². The lowest BCUT2D eigenvalue weighted by Gasteiger charge is -2.30. The molecule has 3 atom stereocenters. The molecule has 1 aliphatic carbocycles. The third-order valence-corrected chi connectivity index (χ3v) is 7.77. The van der Waals surface area contributed by atoms with Gasteiger partial charge in [-0.05, 0) is 43.6 Å². The molecule has 8 nitrogen and oxygen atoms in total. The van der Waals surface area contributed by atoms with E-state index in [1.165, 1.54) is 9.80 Å². The summed E-state index contributed by atoms with van der Waals surface area (Å²) >= 11 is 0. The molecule has 0 N–H and O–H groups in total. The zero-order valence-corrected chi connectivity index (χ0v) is 19.7. The fourth-order valence-electron chi connectivity index (χ4n) is 5.67. The lowest BCUT2D eigenvalue weighted by atomic mass is 10.00. The quantitative estimate of drug-likeness (QED) is 0.377. The number of carbonyl (C=O) groups is 5. The van der Waals surface area contributed by atoms with Gasteiger partial charge in [0.15, 0.2) is 0 Å².